The third kappa shape index (κ3) is 37.5. The lowest BCUT2D eigenvalue weighted by Crippen LogP contribution is -2.26. The van der Waals surface area contributed by atoms with Crippen LogP contribution in [0, 0.1) is 53.2 Å². The topological polar surface area (TPSA) is 276 Å². The van der Waals surface area contributed by atoms with Gasteiger partial charge in [0.25, 0.3) is 22.0 Å². The second-order valence-electron chi connectivity index (χ2n) is 23.0. The van der Waals surface area contributed by atoms with Crippen LogP contribution in [0.3, 0.4) is 0 Å². The number of aliphatic hydroxyl groups excluding tert-OH is 1. The molecule has 9 aromatic heterocycles. The predicted molar refractivity (Wildman–Crippen MR) is 447 cm³/mol. The van der Waals surface area contributed by atoms with Gasteiger partial charge in [-0.15, -0.1) is 0 Å². The average Bonchev–Trinajstić information content (AvgIpc) is 1.57. The lowest BCUT2D eigenvalue weighted by Gasteiger charge is -2.14. The molecule has 0 aliphatic carbocycles. The number of nitrogens with zero attached hydrogens (tertiary/aromatic N) is 9. The maximum Gasteiger partial charge on any atom is 0.400 e. The van der Waals surface area contributed by atoms with Crippen molar-refractivity contribution in [3.8, 4) is 46.3 Å². The number of oxazole rings is 2. The number of pyridine rings is 7. The van der Waals surface area contributed by atoms with E-state index in [2.05, 4.69) is 62.9 Å². The van der Waals surface area contributed by atoms with E-state index in [0.717, 1.165) is 84.0 Å². The Morgan fingerprint density at radius 3 is 1.23 bits per heavy atom. The van der Waals surface area contributed by atoms with E-state index >= 15 is 0 Å². The summed E-state index contributed by atoms with van der Waals surface area (Å²) >= 11 is 25.9. The van der Waals surface area contributed by atoms with Crippen molar-refractivity contribution in [1.82, 2.24) is 57.9 Å². The number of ether oxygens (including phenoxy) is 6. The molecule has 107 heavy (non-hydrogen) atoms. The van der Waals surface area contributed by atoms with Crippen LogP contribution in [0.2, 0.25) is 5.35 Å². The van der Waals surface area contributed by atoms with Crippen molar-refractivity contribution < 1.29 is 47.5 Å². The number of aromatic amines is 3. The minimum atomic E-state index is -0.194. The molecule has 0 atom stereocenters. The van der Waals surface area contributed by atoms with E-state index in [1.807, 2.05) is 187 Å². The Balaban J connectivity index is -0.00000114. The molecule has 0 bridgehead atoms. The maximum atomic E-state index is 11.1. The Kier molecular flexibility index (Phi) is 50.6. The molecule has 0 amide bonds. The fourth-order valence-corrected chi connectivity index (χ4v) is 9.38. The number of hydrogen-bond acceptors (Lipinski definition) is 22. The second kappa shape index (κ2) is 53.2. The number of H-pyrrole nitrogens is 3. The molecule has 11 rings (SSSR count). The Hall–Kier alpha value is -9.56. The molecule has 25 nitrogen and oxygen atoms in total. The van der Waals surface area contributed by atoms with E-state index < -0.39 is 0 Å². The summed E-state index contributed by atoms with van der Waals surface area (Å²) in [6.45, 7) is 13.5. The third-order valence-corrected chi connectivity index (χ3v) is 14.9. The van der Waals surface area contributed by atoms with Gasteiger partial charge in [-0.2, -0.15) is 9.97 Å². The Bertz CT molecular complexity index is 4670. The van der Waals surface area contributed by atoms with Gasteiger partial charge in [-0.05, 0) is 202 Å². The first-order valence-corrected chi connectivity index (χ1v) is 33.4. The van der Waals surface area contributed by atoms with Crippen molar-refractivity contribution in [2.45, 2.75) is 77.8 Å². The van der Waals surface area contributed by atoms with Crippen LogP contribution in [-0.4, -0.2) is 159 Å². The normalized spacial score (nSPS) is 9.63. The standard InChI is InChI=1S/C14H12N2O2S.C9H14N2O2.2C8H11NOS.C7H4ClNO.C7H9NO2.C7H9NOS.C6H7NO2.C5H14N2.C2H6O.4CH4/c1-9-7-12(13(19)16(2)8-9)18-14-15-10-5-3-4-6-11(10)17-14;1-11(2)6-7-4-8(13-3)9(12)10-5-7;2*1-6-4-7(10-3)8(11)9(2)5-6;8-7-9-5-3-1-2-4-6(5)10-7;1-5-3-6(10-2)7(9)8-4-5;1-5-3-6(9)7(10)8(2)4-5;1-9-5-3-2-4-7-6(5)8;1-6(2)5-7(3)4;1-2-3;;;;/h3-8H,1-2H3;4-5H,6H2,1-3H3,(H,10,12);2*4-5H,1-3H3;1-4H;3-4H,1-2H3,(H,8,9);3-4,9H,1-2H3;2-4H,1H3,(H,7,8);5H2,1-4H3;3H,2H2,1H3;4*1H4. The van der Waals surface area contributed by atoms with Crippen molar-refractivity contribution >= 4 is 82.7 Å². The van der Waals surface area contributed by atoms with Gasteiger partial charge in [0.1, 0.15) is 29.6 Å². The van der Waals surface area contributed by atoms with E-state index in [9.17, 15) is 14.4 Å². The van der Waals surface area contributed by atoms with Gasteiger partial charge in [-0.25, -0.2) is 0 Å². The number of methoxy groups -OCH3 is 5. The second-order valence-corrected chi connectivity index (χ2v) is 24.9. The summed E-state index contributed by atoms with van der Waals surface area (Å²) in [6.07, 6.45) is 12.9. The van der Waals surface area contributed by atoms with Gasteiger partial charge >= 0.3 is 6.08 Å². The van der Waals surface area contributed by atoms with Crippen LogP contribution in [0.5, 0.6) is 46.3 Å². The van der Waals surface area contributed by atoms with Gasteiger partial charge in [-0.3, -0.25) is 24.2 Å². The molecule has 30 heteroatoms. The molecule has 0 unspecified atom stereocenters. The molecule has 590 valence electrons. The van der Waals surface area contributed by atoms with Crippen LogP contribution in [0.1, 0.15) is 70.0 Å². The minimum absolute atomic E-state index is 0. The number of aromatic nitrogens is 9. The highest BCUT2D eigenvalue weighted by Crippen LogP contribution is 2.27. The molecular weight excluding hydrogens is 1460 g/mol. The number of benzene rings is 2. The summed E-state index contributed by atoms with van der Waals surface area (Å²) in [5.74, 6) is 3.35. The first-order valence-electron chi connectivity index (χ1n) is 31.4. The minimum Gasteiger partial charge on any atom is -0.505 e. The fourth-order valence-electron chi connectivity index (χ4n) is 8.55. The largest absolute Gasteiger partial charge is 0.505 e. The highest BCUT2D eigenvalue weighted by molar-refractivity contribution is 7.72. The molecule has 0 spiro atoms. The predicted octanol–water partition coefficient (Wildman–Crippen LogP) is 16.5. The van der Waals surface area contributed by atoms with Crippen molar-refractivity contribution in [1.29, 1.82) is 0 Å². The highest BCUT2D eigenvalue weighted by Gasteiger charge is 2.10. The summed E-state index contributed by atoms with van der Waals surface area (Å²) in [5.41, 5.74) is 8.80. The van der Waals surface area contributed by atoms with Crippen molar-refractivity contribution in [3.63, 3.8) is 0 Å². The fraction of sp³-hybridized carbons (Fsp3) is 0.364. The van der Waals surface area contributed by atoms with Crippen molar-refractivity contribution in [2.24, 2.45) is 28.2 Å². The molecule has 11 aromatic rings. The van der Waals surface area contributed by atoms with E-state index in [1.165, 1.54) is 21.3 Å². The Morgan fingerprint density at radius 1 is 0.477 bits per heavy atom. The van der Waals surface area contributed by atoms with Crippen molar-refractivity contribution in [3.05, 3.63) is 229 Å². The summed E-state index contributed by atoms with van der Waals surface area (Å²) < 4.78 is 50.6. The molecule has 2 aromatic carbocycles. The van der Waals surface area contributed by atoms with E-state index in [0.29, 0.717) is 37.9 Å². The first-order chi connectivity index (χ1) is 48.6. The Labute approximate surface area is 656 Å². The maximum absolute atomic E-state index is 11.1. The zero-order valence-corrected chi connectivity index (χ0v) is 66.3. The molecule has 5 N–H and O–H groups in total. The zero-order valence-electron chi connectivity index (χ0n) is 62.3. The van der Waals surface area contributed by atoms with Gasteiger partial charge in [0.15, 0.2) is 51.4 Å². The number of fused-ring (bicyclic) bond motifs is 2. The van der Waals surface area contributed by atoms with Crippen LogP contribution in [0.15, 0.2) is 164 Å². The number of halogens is 1. The number of hydrogen-bond donors (Lipinski definition) is 5. The van der Waals surface area contributed by atoms with Crippen LogP contribution >= 0.6 is 60.5 Å². The van der Waals surface area contributed by atoms with E-state index in [4.69, 9.17) is 108 Å². The van der Waals surface area contributed by atoms with Gasteiger partial charge in [0.2, 0.25) is 0 Å². The number of aryl methyl sites for hydroxylation is 9. The average molecular weight is 1580 g/mol. The van der Waals surface area contributed by atoms with Crippen LogP contribution in [0.4, 0.5) is 0 Å². The molecule has 9 heterocycles. The van der Waals surface area contributed by atoms with Crippen LogP contribution < -0.4 is 45.1 Å². The zero-order chi connectivity index (χ0) is 77.6. The van der Waals surface area contributed by atoms with Gasteiger partial charge in [0.05, 0.1) is 35.5 Å². The SMILES string of the molecule is C.C.C.C.CCO.CN(C)CN(C)C.COc1cc(C)c[nH]c1=O.COc1cc(C)cn(C)c1=S.COc1cc(C)cn(C)c1=S.COc1cc(CN(C)C)c[nH]c1=O.COc1ccc[nH]c1=O.Cc1cc(O)c(=S)n(C)c1.Cc1cc(Oc2nc3ccccc3o2)c(=S)n(C)c1.Clc1nc2ccccc2o1. The van der Waals surface area contributed by atoms with Crippen LogP contribution in [0.25, 0.3) is 22.2 Å². The monoisotopic (exact) mass is 1580 g/mol. The smallest absolute Gasteiger partial charge is 0.400 e. The number of aliphatic hydroxyl groups is 1. The molecule has 0 saturated carbocycles. The summed E-state index contributed by atoms with van der Waals surface area (Å²) in [4.78, 5) is 54.7. The lowest BCUT2D eigenvalue weighted by atomic mass is 10.2. The summed E-state index contributed by atoms with van der Waals surface area (Å²) in [7, 11) is 27.4. The van der Waals surface area contributed by atoms with E-state index in [-0.39, 0.29) is 70.2 Å². The van der Waals surface area contributed by atoms with Gasteiger partial charge in [-0.1, -0.05) is 103 Å². The highest BCUT2D eigenvalue weighted by atomic mass is 35.5. The van der Waals surface area contributed by atoms with E-state index in [1.54, 1.807) is 74.6 Å². The van der Waals surface area contributed by atoms with Gasteiger partial charge < -0.3 is 85.6 Å². The summed E-state index contributed by atoms with van der Waals surface area (Å²) in [5, 5.41) is 16.9. The quantitative estimate of drug-likeness (QED) is 0.0594. The number of para-hydroxylation sites is 4. The number of aromatic hydroxyl groups is 1. The number of rotatable bonds is 11. The Morgan fingerprint density at radius 2 is 0.850 bits per heavy atom. The molecule has 0 radical (unpaired) electrons. The lowest BCUT2D eigenvalue weighted by molar-refractivity contribution is 0.245. The first kappa shape index (κ1) is 102. The summed E-state index contributed by atoms with van der Waals surface area (Å²) in [6, 6.07) is 29.1. The number of nitrogens with one attached hydrogen (secondary N) is 3. The molecular formula is C77H113ClN12O13S4. The molecule has 0 aliphatic rings. The molecule has 0 aliphatic heterocycles. The van der Waals surface area contributed by atoms with Gasteiger partial charge in [0, 0.05) is 91.4 Å². The van der Waals surface area contributed by atoms with Crippen molar-refractivity contribution in [2.75, 3.05) is 91.1 Å². The van der Waals surface area contributed by atoms with Crippen LogP contribution in [-0.2, 0) is 34.7 Å². The molecule has 0 fully saturated rings. The molecule has 0 saturated heterocycles. The third-order valence-electron chi connectivity index (χ3n) is 12.8.